The highest BCUT2D eigenvalue weighted by atomic mass is 35.5. The number of rotatable bonds is 9. The summed E-state index contributed by atoms with van der Waals surface area (Å²) in [6.45, 7) is 6.29. The van der Waals surface area contributed by atoms with E-state index < -0.39 is 5.82 Å². The van der Waals surface area contributed by atoms with Gasteiger partial charge in [0.2, 0.25) is 17.1 Å². The second-order valence-corrected chi connectivity index (χ2v) is 12.9. The van der Waals surface area contributed by atoms with Crippen LogP contribution in [-0.4, -0.2) is 58.8 Å². The summed E-state index contributed by atoms with van der Waals surface area (Å²) in [6.07, 6.45) is 4.81. The van der Waals surface area contributed by atoms with Crippen LogP contribution in [0, 0.1) is 11.7 Å². The zero-order chi connectivity index (χ0) is 37.7. The van der Waals surface area contributed by atoms with E-state index >= 15 is 0 Å². The molecule has 4 aromatic carbocycles. The van der Waals surface area contributed by atoms with Crippen LogP contribution < -0.4 is 25.4 Å². The lowest BCUT2D eigenvalue weighted by Gasteiger charge is -2.30. The van der Waals surface area contributed by atoms with Gasteiger partial charge in [0.1, 0.15) is 0 Å². The van der Waals surface area contributed by atoms with Crippen molar-refractivity contribution < 1.29 is 23.4 Å². The molecule has 0 aliphatic carbocycles. The van der Waals surface area contributed by atoms with Crippen LogP contribution in [0.1, 0.15) is 26.2 Å². The third-order valence-corrected chi connectivity index (χ3v) is 8.96. The highest BCUT2D eigenvalue weighted by molar-refractivity contribution is 6.54. The average molecular weight is 797 g/mol. The summed E-state index contributed by atoms with van der Waals surface area (Å²) in [6, 6.07) is 26.3. The molecule has 7 rings (SSSR count). The number of halogens is 4. The molecule has 0 bridgehead atoms. The van der Waals surface area contributed by atoms with E-state index in [1.54, 1.807) is 36.1 Å². The summed E-state index contributed by atoms with van der Waals surface area (Å²) in [5.74, 6) is 2.18. The summed E-state index contributed by atoms with van der Waals surface area (Å²) in [5, 5.41) is 6.26. The van der Waals surface area contributed by atoms with Crippen LogP contribution in [0.5, 0.6) is 23.1 Å². The number of ether oxygens (including phenoxy) is 3. The van der Waals surface area contributed by atoms with Crippen molar-refractivity contribution in [3.8, 4) is 28.8 Å². The van der Waals surface area contributed by atoms with Crippen LogP contribution in [0.15, 0.2) is 102 Å². The molecule has 0 saturated carbocycles. The minimum atomic E-state index is -0.534. The molecule has 2 aromatic heterocycles. The van der Waals surface area contributed by atoms with Crippen LogP contribution in [-0.2, 0) is 4.79 Å². The molecule has 0 spiro atoms. The molecular formula is C40H41Cl3FN5O5. The number of para-hydroxylation sites is 2. The van der Waals surface area contributed by atoms with Crippen molar-refractivity contribution >= 4 is 68.8 Å². The molecule has 6 aromatic rings. The quantitative estimate of drug-likeness (QED) is 0.0661. The summed E-state index contributed by atoms with van der Waals surface area (Å²) in [5.41, 5.74) is 8.03. The van der Waals surface area contributed by atoms with E-state index in [0.29, 0.717) is 39.7 Å². The van der Waals surface area contributed by atoms with Crippen molar-refractivity contribution in [3.05, 3.63) is 118 Å². The van der Waals surface area contributed by atoms with E-state index in [1.807, 2.05) is 54.6 Å². The molecule has 1 fully saturated rings. The maximum absolute atomic E-state index is 14.1. The predicted molar refractivity (Wildman–Crippen MR) is 216 cm³/mol. The third-order valence-electron chi connectivity index (χ3n) is 8.64. The van der Waals surface area contributed by atoms with Crippen molar-refractivity contribution in [2.45, 2.75) is 26.2 Å². The maximum atomic E-state index is 14.1. The Labute approximate surface area is 329 Å². The number of likely N-dealkylation sites (tertiary alicyclic amines) is 1. The molecule has 14 heteroatoms. The largest absolute Gasteiger partial charge is 0.493 e. The van der Waals surface area contributed by atoms with E-state index in [0.717, 1.165) is 35.5 Å². The predicted octanol–water partition coefficient (Wildman–Crippen LogP) is 9.13. The molecule has 54 heavy (non-hydrogen) atoms. The number of piperidine rings is 1. The molecule has 0 radical (unpaired) electrons. The topological polar surface area (TPSA) is 122 Å². The number of hydrogen-bond acceptors (Lipinski definition) is 9. The first-order valence-electron chi connectivity index (χ1n) is 17.0. The number of carbonyl (C=O) groups is 1. The fourth-order valence-electron chi connectivity index (χ4n) is 5.83. The van der Waals surface area contributed by atoms with Gasteiger partial charge in [0.05, 0.1) is 41.7 Å². The Balaban J connectivity index is 0.000000249. The van der Waals surface area contributed by atoms with Crippen molar-refractivity contribution in [2.24, 2.45) is 5.92 Å². The SMILES string of the molecule is COc1cc2ccc(Oc3ccc(N)cc3F)nc2cc1OCCCN1CCC(C)CC1.Cl.O=CCl.O=c1cnn(-c2ccccc2Cl)c2ccccc12. The summed E-state index contributed by atoms with van der Waals surface area (Å²) < 4.78 is 32.9. The molecule has 0 unspecified atom stereocenters. The lowest BCUT2D eigenvalue weighted by atomic mass is 9.99. The van der Waals surface area contributed by atoms with Crippen molar-refractivity contribution in [1.82, 2.24) is 19.7 Å². The smallest absolute Gasteiger partial charge is 0.219 e. The van der Waals surface area contributed by atoms with Gasteiger partial charge < -0.3 is 24.8 Å². The molecular weight excluding hydrogens is 756 g/mol. The first kappa shape index (κ1) is 41.8. The summed E-state index contributed by atoms with van der Waals surface area (Å²) >= 11 is 10.5. The van der Waals surface area contributed by atoms with Gasteiger partial charge in [-0.1, -0.05) is 42.8 Å². The highest BCUT2D eigenvalue weighted by Crippen LogP contribution is 2.34. The molecule has 1 saturated heterocycles. The van der Waals surface area contributed by atoms with Crippen LogP contribution in [0.25, 0.3) is 27.5 Å². The molecule has 3 heterocycles. The number of nitrogens with two attached hydrogens (primary N) is 1. The Bertz CT molecular complexity index is 2220. The first-order valence-corrected chi connectivity index (χ1v) is 17.8. The number of carbonyl (C=O) groups excluding carboxylic acids is 1. The van der Waals surface area contributed by atoms with Crippen molar-refractivity contribution in [2.75, 3.05) is 39.1 Å². The van der Waals surface area contributed by atoms with Gasteiger partial charge in [-0.2, -0.15) is 5.10 Å². The second kappa shape index (κ2) is 20.5. The zero-order valence-corrected chi connectivity index (χ0v) is 32.1. The Morgan fingerprint density at radius 3 is 2.41 bits per heavy atom. The van der Waals surface area contributed by atoms with Gasteiger partial charge in [-0.25, -0.2) is 14.1 Å². The Kier molecular flexibility index (Phi) is 15.9. The average Bonchev–Trinajstić information content (AvgIpc) is 3.16. The van der Waals surface area contributed by atoms with Crippen LogP contribution >= 0.6 is 35.6 Å². The minimum absolute atomic E-state index is 0. The number of benzene rings is 4. The van der Waals surface area contributed by atoms with Crippen LogP contribution in [0.4, 0.5) is 10.1 Å². The Morgan fingerprint density at radius 1 is 0.963 bits per heavy atom. The Morgan fingerprint density at radius 2 is 1.69 bits per heavy atom. The maximum Gasteiger partial charge on any atom is 0.219 e. The lowest BCUT2D eigenvalue weighted by Crippen LogP contribution is -2.34. The first-order chi connectivity index (χ1) is 25.7. The molecule has 1 aliphatic rings. The summed E-state index contributed by atoms with van der Waals surface area (Å²) in [4.78, 5) is 27.3. The number of fused-ring (bicyclic) bond motifs is 2. The fraction of sp³-hybridized carbons (Fsp3) is 0.250. The monoisotopic (exact) mass is 795 g/mol. The van der Waals surface area contributed by atoms with Gasteiger partial charge in [0.15, 0.2) is 23.1 Å². The molecule has 0 amide bonds. The number of nitrogens with zero attached hydrogens (tertiary/aromatic N) is 4. The number of pyridine rings is 1. The van der Waals surface area contributed by atoms with E-state index in [2.05, 4.69) is 33.5 Å². The second-order valence-electron chi connectivity index (χ2n) is 12.3. The molecule has 284 valence electrons. The lowest BCUT2D eigenvalue weighted by molar-refractivity contribution is 0.176. The van der Waals surface area contributed by atoms with E-state index in [-0.39, 0.29) is 35.2 Å². The van der Waals surface area contributed by atoms with Crippen molar-refractivity contribution in [3.63, 3.8) is 0 Å². The van der Waals surface area contributed by atoms with Crippen LogP contribution in [0.3, 0.4) is 0 Å². The minimum Gasteiger partial charge on any atom is -0.493 e. The normalized spacial score (nSPS) is 12.8. The number of hydrogen-bond donors (Lipinski definition) is 1. The fourth-order valence-corrected chi connectivity index (χ4v) is 6.05. The van der Waals surface area contributed by atoms with Crippen LogP contribution in [0.2, 0.25) is 5.02 Å². The standard InChI is InChI=1S/C25H30FN3O3.C14H9ClN2O.CHClO.ClH/c1-17-8-11-29(12-9-17)10-3-13-31-24-16-21-18(14-23(24)30-2)4-7-25(28-21)32-22-6-5-19(27)15-20(22)26;15-11-6-2-4-8-13(11)17-12-7-3-1-5-10(12)14(18)9-16-17;2-1-3;/h4-7,14-17H,3,8-13,27H2,1-2H3;1-9H;1H;1H. The van der Waals surface area contributed by atoms with E-state index in [9.17, 15) is 9.18 Å². The van der Waals surface area contributed by atoms with Crippen molar-refractivity contribution in [1.29, 1.82) is 0 Å². The highest BCUT2D eigenvalue weighted by Gasteiger charge is 2.16. The summed E-state index contributed by atoms with van der Waals surface area (Å²) in [7, 11) is 1.62. The zero-order valence-electron chi connectivity index (χ0n) is 29.8. The van der Waals surface area contributed by atoms with E-state index in [4.69, 9.17) is 36.3 Å². The number of aromatic nitrogens is 3. The molecule has 2 N–H and O–H groups in total. The van der Waals surface area contributed by atoms with Gasteiger partial charge in [-0.05, 0) is 98.4 Å². The third kappa shape index (κ3) is 11.0. The molecule has 0 atom stereocenters. The van der Waals surface area contributed by atoms with Gasteiger partial charge in [0, 0.05) is 41.2 Å². The number of methoxy groups -OCH3 is 1. The Hall–Kier alpha value is -4.94. The van der Waals surface area contributed by atoms with Gasteiger partial charge in [0.25, 0.3) is 0 Å². The molecule has 10 nitrogen and oxygen atoms in total. The number of nitrogen functional groups attached to an aromatic ring is 1. The van der Waals surface area contributed by atoms with Gasteiger partial charge >= 0.3 is 0 Å². The molecule has 1 aliphatic heterocycles. The van der Waals surface area contributed by atoms with Gasteiger partial charge in [-0.15, -0.1) is 12.4 Å². The van der Waals surface area contributed by atoms with Gasteiger partial charge in [-0.3, -0.25) is 9.59 Å². The number of anilines is 1. The van der Waals surface area contributed by atoms with E-state index in [1.165, 1.54) is 44.3 Å².